The largest absolute Gasteiger partial charge is 0.493 e. The van der Waals surface area contributed by atoms with E-state index in [1.54, 1.807) is 29.0 Å². The summed E-state index contributed by atoms with van der Waals surface area (Å²) in [6, 6.07) is 7.15. The third-order valence-electron chi connectivity index (χ3n) is 5.46. The van der Waals surface area contributed by atoms with Gasteiger partial charge in [-0.3, -0.25) is 0 Å². The minimum Gasteiger partial charge on any atom is -0.493 e. The van der Waals surface area contributed by atoms with E-state index in [0.717, 1.165) is 17.7 Å². The van der Waals surface area contributed by atoms with Crippen LogP contribution >= 0.6 is 0 Å². The van der Waals surface area contributed by atoms with E-state index in [1.165, 1.54) is 6.33 Å². The first-order valence-corrected chi connectivity index (χ1v) is 9.07. The monoisotopic (exact) mass is 384 g/mol. The zero-order chi connectivity index (χ0) is 19.4. The van der Waals surface area contributed by atoms with Crippen LogP contribution in [0.4, 0.5) is 5.82 Å². The van der Waals surface area contributed by atoms with E-state index >= 15 is 0 Å². The molecule has 0 bridgehead atoms. The quantitative estimate of drug-likeness (QED) is 0.506. The number of nitrogens with zero attached hydrogens (tertiary/aromatic N) is 3. The lowest BCUT2D eigenvalue weighted by atomic mass is 9.98. The molecule has 28 heavy (non-hydrogen) atoms. The van der Waals surface area contributed by atoms with E-state index in [4.69, 9.17) is 15.2 Å². The predicted molar refractivity (Wildman–Crippen MR) is 98.5 cm³/mol. The maximum absolute atomic E-state index is 10.8. The Morgan fingerprint density at radius 1 is 1.18 bits per heavy atom. The number of nitrogens with two attached hydrogens (primary N) is 1. The Kier molecular flexibility index (Phi) is 3.98. The highest BCUT2D eigenvalue weighted by Crippen LogP contribution is 2.39. The van der Waals surface area contributed by atoms with Crippen LogP contribution in [0.15, 0.2) is 36.8 Å². The minimum absolute atomic E-state index is 0.312. The van der Waals surface area contributed by atoms with Crippen LogP contribution in [0.5, 0.6) is 5.75 Å². The van der Waals surface area contributed by atoms with E-state index in [0.29, 0.717) is 29.0 Å². The van der Waals surface area contributed by atoms with Gasteiger partial charge in [0.05, 0.1) is 12.0 Å². The van der Waals surface area contributed by atoms with Crippen molar-refractivity contribution in [1.82, 2.24) is 14.5 Å². The lowest BCUT2D eigenvalue weighted by Gasteiger charge is -2.22. The third-order valence-corrected chi connectivity index (χ3v) is 5.46. The highest BCUT2D eigenvalue weighted by Gasteiger charge is 2.47. The van der Waals surface area contributed by atoms with Gasteiger partial charge >= 0.3 is 0 Å². The molecule has 4 heterocycles. The Bertz CT molecular complexity index is 1040. The van der Waals surface area contributed by atoms with Crippen LogP contribution in [0.3, 0.4) is 0 Å². The Balaban J connectivity index is 1.45. The normalized spacial score (nSPS) is 27.7. The molecule has 0 amide bonds. The van der Waals surface area contributed by atoms with Crippen molar-refractivity contribution in [3.8, 4) is 5.75 Å². The Hall–Kier alpha value is -2.72. The van der Waals surface area contributed by atoms with Crippen molar-refractivity contribution in [2.45, 2.75) is 37.1 Å². The number of benzene rings is 1. The van der Waals surface area contributed by atoms with Gasteiger partial charge in [0.1, 0.15) is 48.0 Å². The van der Waals surface area contributed by atoms with Crippen LogP contribution in [0.25, 0.3) is 11.0 Å². The maximum atomic E-state index is 10.8. The summed E-state index contributed by atoms with van der Waals surface area (Å²) in [4.78, 5) is 8.13. The lowest BCUT2D eigenvalue weighted by Crippen LogP contribution is -2.34. The van der Waals surface area contributed by atoms with Gasteiger partial charge in [0, 0.05) is 12.6 Å². The number of hydrogen-bond acceptors (Lipinski definition) is 8. The lowest BCUT2D eigenvalue weighted by molar-refractivity contribution is -0.0848. The molecule has 5 rings (SSSR count). The van der Waals surface area contributed by atoms with Gasteiger partial charge in [-0.15, -0.1) is 0 Å². The Morgan fingerprint density at radius 3 is 2.89 bits per heavy atom. The molecule has 0 aliphatic carbocycles. The first-order valence-electron chi connectivity index (χ1n) is 9.07. The van der Waals surface area contributed by atoms with Gasteiger partial charge in [-0.05, 0) is 23.3 Å². The molecule has 2 aromatic heterocycles. The molecule has 2 aliphatic heterocycles. The van der Waals surface area contributed by atoms with Crippen molar-refractivity contribution in [3.05, 3.63) is 47.9 Å². The van der Waals surface area contributed by atoms with E-state index in [9.17, 15) is 15.3 Å². The summed E-state index contributed by atoms with van der Waals surface area (Å²) in [5, 5.41) is 32.5. The molecule has 5 N–H and O–H groups in total. The minimum atomic E-state index is -1.29. The molecule has 146 valence electrons. The first-order chi connectivity index (χ1) is 13.5. The second-order valence-corrected chi connectivity index (χ2v) is 7.10. The van der Waals surface area contributed by atoms with Gasteiger partial charge in [0.15, 0.2) is 6.23 Å². The smallest absolute Gasteiger partial charge is 0.164 e. The molecule has 5 atom stereocenters. The second kappa shape index (κ2) is 6.42. The summed E-state index contributed by atoms with van der Waals surface area (Å²) >= 11 is 0. The fourth-order valence-electron chi connectivity index (χ4n) is 3.93. The van der Waals surface area contributed by atoms with Gasteiger partial charge < -0.3 is 35.1 Å². The van der Waals surface area contributed by atoms with Crippen molar-refractivity contribution >= 4 is 16.9 Å². The van der Waals surface area contributed by atoms with E-state index in [-0.39, 0.29) is 0 Å². The van der Waals surface area contributed by atoms with Crippen molar-refractivity contribution in [2.75, 3.05) is 12.3 Å². The summed E-state index contributed by atoms with van der Waals surface area (Å²) in [6.45, 7) is 0.615. The fourth-order valence-corrected chi connectivity index (χ4v) is 3.93. The van der Waals surface area contributed by atoms with Gasteiger partial charge in [0.25, 0.3) is 0 Å². The van der Waals surface area contributed by atoms with Gasteiger partial charge in [0.2, 0.25) is 0 Å². The van der Waals surface area contributed by atoms with Crippen LogP contribution < -0.4 is 10.5 Å². The van der Waals surface area contributed by atoms with E-state index < -0.39 is 30.6 Å². The molecule has 9 nitrogen and oxygen atoms in total. The molecular formula is C19H20N4O5. The number of anilines is 1. The third kappa shape index (κ3) is 2.55. The van der Waals surface area contributed by atoms with E-state index in [2.05, 4.69) is 9.97 Å². The molecule has 0 saturated carbocycles. The van der Waals surface area contributed by atoms with Gasteiger partial charge in [-0.25, -0.2) is 9.97 Å². The number of nitrogen functional groups attached to an aromatic ring is 1. The molecule has 1 aromatic carbocycles. The molecule has 0 spiro atoms. The average molecular weight is 384 g/mol. The summed E-state index contributed by atoms with van der Waals surface area (Å²) in [5.74, 6) is 1.04. The molecule has 1 saturated heterocycles. The molecule has 9 heteroatoms. The fraction of sp³-hybridized carbons (Fsp3) is 0.368. The van der Waals surface area contributed by atoms with Crippen LogP contribution in [-0.4, -0.2) is 54.8 Å². The van der Waals surface area contributed by atoms with Crippen molar-refractivity contribution in [2.24, 2.45) is 0 Å². The standard InChI is InChI=1S/C19H20N4O5/c20-17-11-3-5-23(18(11)22-8-21-17)19-15(26)14(25)16(28-19)13(24)10-2-1-9-4-6-27-12(9)7-10/h1-3,5,7-8,13-16,19,24-26H,4,6H2,(H2,20,21,22)/t13?,14-,15+,16+,19+/m0/s1. The second-order valence-electron chi connectivity index (χ2n) is 7.10. The maximum Gasteiger partial charge on any atom is 0.164 e. The number of rotatable bonds is 3. The Labute approximate surface area is 160 Å². The predicted octanol–water partition coefficient (Wildman–Crippen LogP) is 0.301. The van der Waals surface area contributed by atoms with Crippen molar-refractivity contribution in [1.29, 1.82) is 0 Å². The zero-order valence-electron chi connectivity index (χ0n) is 14.8. The molecule has 1 fully saturated rings. The summed E-state index contributed by atoms with van der Waals surface area (Å²) < 4.78 is 13.0. The highest BCUT2D eigenvalue weighted by molar-refractivity contribution is 5.86. The zero-order valence-corrected chi connectivity index (χ0v) is 14.8. The van der Waals surface area contributed by atoms with Crippen molar-refractivity contribution in [3.63, 3.8) is 0 Å². The summed E-state index contributed by atoms with van der Waals surface area (Å²) in [7, 11) is 0. The number of aliphatic hydroxyl groups excluding tert-OH is 3. The van der Waals surface area contributed by atoms with Crippen molar-refractivity contribution < 1.29 is 24.8 Å². The van der Waals surface area contributed by atoms with Gasteiger partial charge in [-0.1, -0.05) is 12.1 Å². The highest BCUT2D eigenvalue weighted by atomic mass is 16.6. The number of hydrogen-bond donors (Lipinski definition) is 4. The number of aromatic nitrogens is 3. The first kappa shape index (κ1) is 17.4. The van der Waals surface area contributed by atoms with E-state index in [1.807, 2.05) is 6.07 Å². The van der Waals surface area contributed by atoms with Crippen LogP contribution in [0.2, 0.25) is 0 Å². The van der Waals surface area contributed by atoms with Gasteiger partial charge in [-0.2, -0.15) is 0 Å². The number of ether oxygens (including phenoxy) is 2. The number of fused-ring (bicyclic) bond motifs is 2. The molecule has 0 radical (unpaired) electrons. The topological polar surface area (TPSA) is 136 Å². The van der Waals surface area contributed by atoms with Crippen LogP contribution in [0, 0.1) is 0 Å². The summed E-state index contributed by atoms with van der Waals surface area (Å²) in [6.07, 6.45) is -1.80. The SMILES string of the molecule is Nc1ncnc2c1ccn2[C@@H]1O[C@H](C(O)c2ccc3c(c2)OCC3)[C@@H](O)[C@H]1O. The molecular weight excluding hydrogens is 364 g/mol. The molecule has 3 aromatic rings. The molecule has 2 aliphatic rings. The summed E-state index contributed by atoms with van der Waals surface area (Å²) in [5.41, 5.74) is 7.97. The average Bonchev–Trinajstić information content (AvgIpc) is 3.40. The molecule has 1 unspecified atom stereocenters. The van der Waals surface area contributed by atoms with Crippen LogP contribution in [-0.2, 0) is 11.2 Å². The number of aliphatic hydroxyl groups is 3. The van der Waals surface area contributed by atoms with Crippen LogP contribution in [0.1, 0.15) is 23.5 Å². The Morgan fingerprint density at radius 2 is 2.04 bits per heavy atom.